The zero-order chi connectivity index (χ0) is 13.5. The van der Waals surface area contributed by atoms with E-state index in [1.165, 1.54) is 0 Å². The van der Waals surface area contributed by atoms with Crippen molar-refractivity contribution in [2.75, 3.05) is 6.61 Å². The number of carbonyl (C=O) groups excluding carboxylic acids is 2. The Hall–Kier alpha value is -1.71. The van der Waals surface area contributed by atoms with Gasteiger partial charge in [0.05, 0.1) is 6.61 Å². The number of pyridine rings is 1. The first kappa shape index (κ1) is 14.4. The maximum atomic E-state index is 12.2. The number of aryl methyl sites for hydroxylation is 1. The first-order chi connectivity index (χ1) is 8.60. The van der Waals surface area contributed by atoms with Crippen LogP contribution in [0.2, 0.25) is 0 Å². The third-order valence-corrected chi connectivity index (χ3v) is 2.61. The molecule has 0 saturated carbocycles. The van der Waals surface area contributed by atoms with Crippen molar-refractivity contribution in [2.45, 2.75) is 33.6 Å². The molecule has 18 heavy (non-hydrogen) atoms. The zero-order valence-electron chi connectivity index (χ0n) is 11.1. The van der Waals surface area contributed by atoms with Crippen LogP contribution in [0, 0.1) is 12.8 Å². The van der Waals surface area contributed by atoms with Gasteiger partial charge in [0, 0.05) is 5.69 Å². The fraction of sp³-hybridized carbons (Fsp3) is 0.500. The van der Waals surface area contributed by atoms with Gasteiger partial charge in [0.25, 0.3) is 0 Å². The Morgan fingerprint density at radius 2 is 2.06 bits per heavy atom. The van der Waals surface area contributed by atoms with Crippen molar-refractivity contribution in [1.82, 2.24) is 4.98 Å². The normalized spacial score (nSPS) is 11.9. The predicted octanol–water partition coefficient (Wildman–Crippen LogP) is 2.55. The van der Waals surface area contributed by atoms with Gasteiger partial charge in [-0.1, -0.05) is 19.4 Å². The van der Waals surface area contributed by atoms with Crippen molar-refractivity contribution < 1.29 is 14.3 Å². The average Bonchev–Trinajstić information content (AvgIpc) is 2.35. The van der Waals surface area contributed by atoms with E-state index in [4.69, 9.17) is 4.74 Å². The molecule has 0 fully saturated rings. The highest BCUT2D eigenvalue weighted by Gasteiger charge is 2.28. The van der Waals surface area contributed by atoms with Gasteiger partial charge < -0.3 is 4.74 Å². The third-order valence-electron chi connectivity index (χ3n) is 2.61. The van der Waals surface area contributed by atoms with E-state index in [0.29, 0.717) is 12.1 Å². The summed E-state index contributed by atoms with van der Waals surface area (Å²) in [6, 6.07) is 5.22. The number of hydrogen-bond acceptors (Lipinski definition) is 4. The van der Waals surface area contributed by atoms with Gasteiger partial charge in [0.15, 0.2) is 5.78 Å². The molecule has 0 bridgehead atoms. The number of Topliss-reactive ketones (excluding diaryl/α,β-unsaturated/α-hetero) is 1. The van der Waals surface area contributed by atoms with Gasteiger partial charge in [-0.05, 0) is 32.4 Å². The summed E-state index contributed by atoms with van der Waals surface area (Å²) in [5.41, 5.74) is 1.10. The summed E-state index contributed by atoms with van der Waals surface area (Å²) < 4.78 is 4.94. The molecule has 0 saturated heterocycles. The summed E-state index contributed by atoms with van der Waals surface area (Å²) >= 11 is 0. The smallest absolute Gasteiger partial charge is 0.316 e. The summed E-state index contributed by atoms with van der Waals surface area (Å²) in [5, 5.41) is 0. The summed E-state index contributed by atoms with van der Waals surface area (Å²) in [6.07, 6.45) is 1.24. The predicted molar refractivity (Wildman–Crippen MR) is 68.3 cm³/mol. The minimum Gasteiger partial charge on any atom is -0.465 e. The second kappa shape index (κ2) is 6.89. The highest BCUT2D eigenvalue weighted by Crippen LogP contribution is 2.15. The molecular formula is C14H19NO3. The maximum absolute atomic E-state index is 12.2. The number of rotatable bonds is 6. The lowest BCUT2D eigenvalue weighted by Gasteiger charge is -2.13. The van der Waals surface area contributed by atoms with E-state index in [0.717, 1.165) is 12.1 Å². The van der Waals surface area contributed by atoms with Crippen LogP contribution in [0.4, 0.5) is 0 Å². The van der Waals surface area contributed by atoms with Crippen LogP contribution in [0.3, 0.4) is 0 Å². The van der Waals surface area contributed by atoms with E-state index in [1.807, 2.05) is 19.9 Å². The Morgan fingerprint density at radius 1 is 1.33 bits per heavy atom. The average molecular weight is 249 g/mol. The Labute approximate surface area is 107 Å². The van der Waals surface area contributed by atoms with E-state index in [-0.39, 0.29) is 12.4 Å². The van der Waals surface area contributed by atoms with Crippen LogP contribution in [0.15, 0.2) is 18.2 Å². The molecule has 0 aliphatic rings. The minimum absolute atomic E-state index is 0.251. The van der Waals surface area contributed by atoms with Gasteiger partial charge in [-0.3, -0.25) is 9.59 Å². The molecule has 4 heteroatoms. The Kier molecular flexibility index (Phi) is 5.49. The highest BCUT2D eigenvalue weighted by molar-refractivity contribution is 6.07. The monoisotopic (exact) mass is 249 g/mol. The van der Waals surface area contributed by atoms with Crippen LogP contribution in [-0.4, -0.2) is 23.3 Å². The van der Waals surface area contributed by atoms with E-state index in [1.54, 1.807) is 19.1 Å². The van der Waals surface area contributed by atoms with Crippen molar-refractivity contribution in [3.05, 3.63) is 29.6 Å². The molecule has 0 radical (unpaired) electrons. The van der Waals surface area contributed by atoms with Gasteiger partial charge in [-0.2, -0.15) is 0 Å². The molecule has 1 heterocycles. The molecule has 0 N–H and O–H groups in total. The molecule has 1 rings (SSSR count). The first-order valence-corrected chi connectivity index (χ1v) is 6.24. The zero-order valence-corrected chi connectivity index (χ0v) is 11.1. The van der Waals surface area contributed by atoms with Gasteiger partial charge >= 0.3 is 5.97 Å². The van der Waals surface area contributed by atoms with Crippen LogP contribution in [0.25, 0.3) is 0 Å². The number of nitrogens with zero attached hydrogens (tertiary/aromatic N) is 1. The van der Waals surface area contributed by atoms with Crippen LogP contribution in [0.5, 0.6) is 0 Å². The quantitative estimate of drug-likeness (QED) is 0.441. The molecule has 0 aromatic carbocycles. The lowest BCUT2D eigenvalue weighted by molar-refractivity contribution is -0.146. The molecule has 0 amide bonds. The molecule has 1 atom stereocenters. The second-order valence-electron chi connectivity index (χ2n) is 4.12. The summed E-state index contributed by atoms with van der Waals surface area (Å²) in [4.78, 5) is 28.2. The van der Waals surface area contributed by atoms with Crippen molar-refractivity contribution in [1.29, 1.82) is 0 Å². The molecule has 0 aliphatic heterocycles. The molecular weight excluding hydrogens is 230 g/mol. The number of hydrogen-bond donors (Lipinski definition) is 0. The Morgan fingerprint density at radius 3 is 2.61 bits per heavy atom. The van der Waals surface area contributed by atoms with Crippen molar-refractivity contribution in [3.8, 4) is 0 Å². The molecule has 1 unspecified atom stereocenters. The van der Waals surface area contributed by atoms with Crippen molar-refractivity contribution in [3.63, 3.8) is 0 Å². The number of esters is 1. The summed E-state index contributed by atoms with van der Waals surface area (Å²) in [7, 11) is 0. The van der Waals surface area contributed by atoms with E-state index in [2.05, 4.69) is 4.98 Å². The van der Waals surface area contributed by atoms with Crippen LogP contribution in [0.1, 0.15) is 42.9 Å². The van der Waals surface area contributed by atoms with Crippen LogP contribution >= 0.6 is 0 Å². The number of aromatic nitrogens is 1. The number of carbonyl (C=O) groups is 2. The van der Waals surface area contributed by atoms with Gasteiger partial charge in [-0.25, -0.2) is 4.98 Å². The molecule has 98 valence electrons. The van der Waals surface area contributed by atoms with Crippen LogP contribution < -0.4 is 0 Å². The third kappa shape index (κ3) is 3.65. The Bertz CT molecular complexity index is 429. The lowest BCUT2D eigenvalue weighted by atomic mass is 9.96. The Balaban J connectivity index is 2.92. The van der Waals surface area contributed by atoms with Gasteiger partial charge in [0.2, 0.25) is 0 Å². The maximum Gasteiger partial charge on any atom is 0.316 e. The standard InChI is InChI=1S/C14H19NO3/c1-4-7-11(14(17)18-5-2)13(16)12-9-6-8-10(3)15-12/h6,8-9,11H,4-5,7H2,1-3H3. The van der Waals surface area contributed by atoms with Crippen molar-refractivity contribution >= 4 is 11.8 Å². The minimum atomic E-state index is -0.732. The fourth-order valence-corrected chi connectivity index (χ4v) is 1.75. The number of ether oxygens (including phenoxy) is 1. The molecule has 1 aromatic heterocycles. The summed E-state index contributed by atoms with van der Waals surface area (Å²) in [5.74, 6) is -1.43. The largest absolute Gasteiger partial charge is 0.465 e. The van der Waals surface area contributed by atoms with E-state index in [9.17, 15) is 9.59 Å². The van der Waals surface area contributed by atoms with Crippen molar-refractivity contribution in [2.24, 2.45) is 5.92 Å². The topological polar surface area (TPSA) is 56.3 Å². The highest BCUT2D eigenvalue weighted by atomic mass is 16.5. The first-order valence-electron chi connectivity index (χ1n) is 6.24. The van der Waals surface area contributed by atoms with Crippen LogP contribution in [-0.2, 0) is 9.53 Å². The molecule has 0 aliphatic carbocycles. The molecule has 1 aromatic rings. The van der Waals surface area contributed by atoms with Gasteiger partial charge in [-0.15, -0.1) is 0 Å². The van der Waals surface area contributed by atoms with Gasteiger partial charge in [0.1, 0.15) is 11.6 Å². The lowest BCUT2D eigenvalue weighted by Crippen LogP contribution is -2.27. The SMILES string of the molecule is CCCC(C(=O)OCC)C(=O)c1cccc(C)n1. The molecule has 0 spiro atoms. The summed E-state index contributed by atoms with van der Waals surface area (Å²) in [6.45, 7) is 5.77. The second-order valence-corrected chi connectivity index (χ2v) is 4.12. The van der Waals surface area contributed by atoms with E-state index >= 15 is 0 Å². The fourth-order valence-electron chi connectivity index (χ4n) is 1.75. The van der Waals surface area contributed by atoms with E-state index < -0.39 is 11.9 Å². The molecule has 4 nitrogen and oxygen atoms in total. The number of ketones is 1.